The first-order valence-electron chi connectivity index (χ1n) is 11.0. The van der Waals surface area contributed by atoms with Crippen LogP contribution in [0.15, 0.2) is 54.9 Å². The highest BCUT2D eigenvalue weighted by molar-refractivity contribution is 7.19. The lowest BCUT2D eigenvalue weighted by molar-refractivity contribution is 0.305. The number of aryl methyl sites for hydroxylation is 2. The van der Waals surface area contributed by atoms with Gasteiger partial charge in [0.25, 0.3) is 0 Å². The molecule has 2 heterocycles. The highest BCUT2D eigenvalue weighted by atomic mass is 32.1. The Bertz CT molecular complexity index is 1130. The molecule has 0 radical (unpaired) electrons. The summed E-state index contributed by atoms with van der Waals surface area (Å²) in [6.45, 7) is 7.25. The molecular weight excluding hydrogens is 402 g/mol. The predicted molar refractivity (Wildman–Crippen MR) is 132 cm³/mol. The molecule has 0 aliphatic heterocycles. The summed E-state index contributed by atoms with van der Waals surface area (Å²) in [6, 6.07) is 16.8. The number of nitrogens with zero attached hydrogens (tertiary/aromatic N) is 2. The molecule has 0 bridgehead atoms. The number of ether oxygens (including phenoxy) is 1. The molecule has 0 spiro atoms. The van der Waals surface area contributed by atoms with Gasteiger partial charge in [-0.25, -0.2) is 9.97 Å². The summed E-state index contributed by atoms with van der Waals surface area (Å²) in [6.07, 6.45) is 6.47. The van der Waals surface area contributed by atoms with E-state index in [1.807, 2.05) is 24.3 Å². The number of thiophene rings is 1. The normalized spacial score (nSPS) is 11.1. The lowest BCUT2D eigenvalue weighted by atomic mass is 10.0. The minimum absolute atomic E-state index is 0.771. The standard InChI is InChI=1S/C26H29N3OS/c1-4-5-6-7-16-30-22-14-12-21(13-15-22)29-25-24-23(20-10-8-18(2)9-11-20)19(3)31-26(24)28-17-27-25/h8-15,17H,4-7,16H2,1-3H3,(H,27,28,29). The third kappa shape index (κ3) is 5.05. The number of unbranched alkanes of at least 4 members (excludes halogenated alkanes) is 3. The number of benzene rings is 2. The number of fused-ring (bicyclic) bond motifs is 1. The number of nitrogens with one attached hydrogen (secondary N) is 1. The van der Waals surface area contributed by atoms with E-state index in [0.29, 0.717) is 0 Å². The largest absolute Gasteiger partial charge is 0.494 e. The molecule has 2 aromatic heterocycles. The van der Waals surface area contributed by atoms with Crippen molar-refractivity contribution in [1.82, 2.24) is 9.97 Å². The van der Waals surface area contributed by atoms with Gasteiger partial charge in [-0.05, 0) is 50.1 Å². The molecule has 4 nitrogen and oxygen atoms in total. The van der Waals surface area contributed by atoms with Crippen molar-refractivity contribution in [2.24, 2.45) is 0 Å². The summed E-state index contributed by atoms with van der Waals surface area (Å²) in [5.74, 6) is 1.74. The van der Waals surface area contributed by atoms with E-state index in [2.05, 4.69) is 60.3 Å². The fourth-order valence-electron chi connectivity index (χ4n) is 3.70. The molecule has 31 heavy (non-hydrogen) atoms. The van der Waals surface area contributed by atoms with Gasteiger partial charge < -0.3 is 10.1 Å². The quantitative estimate of drug-likeness (QED) is 0.276. The minimum Gasteiger partial charge on any atom is -0.494 e. The molecule has 0 aliphatic rings. The molecule has 4 rings (SSSR count). The number of rotatable bonds is 9. The fraction of sp³-hybridized carbons (Fsp3) is 0.308. The van der Waals surface area contributed by atoms with Crippen molar-refractivity contribution in [3.8, 4) is 16.9 Å². The van der Waals surface area contributed by atoms with Crippen LogP contribution in [0.3, 0.4) is 0 Å². The Morgan fingerprint density at radius 1 is 0.903 bits per heavy atom. The van der Waals surface area contributed by atoms with Crippen LogP contribution in [0, 0.1) is 13.8 Å². The fourth-order valence-corrected chi connectivity index (χ4v) is 4.71. The van der Waals surface area contributed by atoms with E-state index in [1.165, 1.54) is 40.8 Å². The molecule has 2 aromatic carbocycles. The van der Waals surface area contributed by atoms with Crippen LogP contribution in [-0.2, 0) is 0 Å². The molecule has 160 valence electrons. The van der Waals surface area contributed by atoms with Gasteiger partial charge in [0.15, 0.2) is 0 Å². The molecule has 0 saturated carbocycles. The van der Waals surface area contributed by atoms with Crippen LogP contribution in [0.2, 0.25) is 0 Å². The zero-order chi connectivity index (χ0) is 21.6. The monoisotopic (exact) mass is 431 g/mol. The van der Waals surface area contributed by atoms with Crippen LogP contribution in [0.25, 0.3) is 21.3 Å². The van der Waals surface area contributed by atoms with Crippen molar-refractivity contribution in [2.45, 2.75) is 46.5 Å². The summed E-state index contributed by atoms with van der Waals surface area (Å²) in [7, 11) is 0. The average Bonchev–Trinajstić information content (AvgIpc) is 3.12. The summed E-state index contributed by atoms with van der Waals surface area (Å²) >= 11 is 1.71. The molecular formula is C26H29N3OS. The van der Waals surface area contributed by atoms with E-state index in [1.54, 1.807) is 17.7 Å². The van der Waals surface area contributed by atoms with Gasteiger partial charge in [-0.2, -0.15) is 0 Å². The molecule has 0 unspecified atom stereocenters. The second kappa shape index (κ2) is 9.92. The molecule has 0 aliphatic carbocycles. The van der Waals surface area contributed by atoms with Crippen molar-refractivity contribution in [2.75, 3.05) is 11.9 Å². The van der Waals surface area contributed by atoms with E-state index in [0.717, 1.165) is 40.5 Å². The molecule has 0 amide bonds. The van der Waals surface area contributed by atoms with Crippen molar-refractivity contribution in [1.29, 1.82) is 0 Å². The average molecular weight is 432 g/mol. The minimum atomic E-state index is 0.771. The lowest BCUT2D eigenvalue weighted by Gasteiger charge is -2.11. The van der Waals surface area contributed by atoms with Crippen LogP contribution >= 0.6 is 11.3 Å². The van der Waals surface area contributed by atoms with Gasteiger partial charge in [0.2, 0.25) is 0 Å². The topological polar surface area (TPSA) is 47.0 Å². The Kier molecular flexibility index (Phi) is 6.82. The second-order valence-corrected chi connectivity index (χ2v) is 9.06. The maximum Gasteiger partial charge on any atom is 0.143 e. The van der Waals surface area contributed by atoms with Crippen LogP contribution < -0.4 is 10.1 Å². The van der Waals surface area contributed by atoms with Gasteiger partial charge in [-0.3, -0.25) is 0 Å². The molecule has 1 N–H and O–H groups in total. The van der Waals surface area contributed by atoms with Crippen molar-refractivity contribution < 1.29 is 4.74 Å². The molecule has 0 fully saturated rings. The summed E-state index contributed by atoms with van der Waals surface area (Å²) in [4.78, 5) is 11.3. The van der Waals surface area contributed by atoms with Gasteiger partial charge in [0, 0.05) is 16.1 Å². The lowest BCUT2D eigenvalue weighted by Crippen LogP contribution is -1.98. The van der Waals surface area contributed by atoms with Gasteiger partial charge >= 0.3 is 0 Å². The van der Waals surface area contributed by atoms with Gasteiger partial charge in [-0.15, -0.1) is 11.3 Å². The summed E-state index contributed by atoms with van der Waals surface area (Å²) in [5.41, 5.74) is 4.63. The third-order valence-electron chi connectivity index (χ3n) is 5.39. The molecule has 0 atom stereocenters. The number of aromatic nitrogens is 2. The Balaban J connectivity index is 1.55. The van der Waals surface area contributed by atoms with Crippen molar-refractivity contribution in [3.05, 3.63) is 65.3 Å². The van der Waals surface area contributed by atoms with Gasteiger partial charge in [0.05, 0.1) is 12.0 Å². The highest BCUT2D eigenvalue weighted by Crippen LogP contribution is 2.41. The van der Waals surface area contributed by atoms with Crippen LogP contribution in [0.1, 0.15) is 43.0 Å². The molecule has 4 aromatic rings. The SMILES string of the molecule is CCCCCCOc1ccc(Nc2ncnc3sc(C)c(-c4ccc(C)cc4)c23)cc1. The van der Waals surface area contributed by atoms with Crippen molar-refractivity contribution in [3.63, 3.8) is 0 Å². The zero-order valence-corrected chi connectivity index (χ0v) is 19.3. The number of hydrogen-bond donors (Lipinski definition) is 1. The Hall–Kier alpha value is -2.92. The van der Waals surface area contributed by atoms with E-state index in [-0.39, 0.29) is 0 Å². The molecule has 5 heteroatoms. The number of anilines is 2. The first-order valence-corrected chi connectivity index (χ1v) is 11.8. The van der Waals surface area contributed by atoms with Gasteiger partial charge in [0.1, 0.15) is 22.7 Å². The summed E-state index contributed by atoms with van der Waals surface area (Å²) in [5, 5.41) is 4.57. The van der Waals surface area contributed by atoms with E-state index in [9.17, 15) is 0 Å². The Morgan fingerprint density at radius 2 is 1.68 bits per heavy atom. The Labute approximate surface area is 188 Å². The van der Waals surface area contributed by atoms with Crippen LogP contribution in [-0.4, -0.2) is 16.6 Å². The zero-order valence-electron chi connectivity index (χ0n) is 18.4. The van der Waals surface area contributed by atoms with Crippen LogP contribution in [0.5, 0.6) is 5.75 Å². The first kappa shape index (κ1) is 21.3. The maximum absolute atomic E-state index is 5.87. The highest BCUT2D eigenvalue weighted by Gasteiger charge is 2.17. The second-order valence-electron chi connectivity index (χ2n) is 7.86. The van der Waals surface area contributed by atoms with Gasteiger partial charge in [-0.1, -0.05) is 56.0 Å². The summed E-state index contributed by atoms with van der Waals surface area (Å²) < 4.78 is 5.87. The first-order chi connectivity index (χ1) is 15.2. The molecule has 0 saturated heterocycles. The maximum atomic E-state index is 5.87. The van der Waals surface area contributed by atoms with Crippen molar-refractivity contribution >= 4 is 33.1 Å². The smallest absolute Gasteiger partial charge is 0.143 e. The third-order valence-corrected chi connectivity index (χ3v) is 6.40. The van der Waals surface area contributed by atoms with E-state index < -0.39 is 0 Å². The van der Waals surface area contributed by atoms with E-state index >= 15 is 0 Å². The van der Waals surface area contributed by atoms with Crippen LogP contribution in [0.4, 0.5) is 11.5 Å². The number of hydrogen-bond acceptors (Lipinski definition) is 5. The van der Waals surface area contributed by atoms with E-state index in [4.69, 9.17) is 4.74 Å². The predicted octanol–water partition coefficient (Wildman–Crippen LogP) is 7.68. The Morgan fingerprint density at radius 3 is 2.42 bits per heavy atom.